The maximum Gasteiger partial charge on any atom is 0.239 e. The molecule has 64 heavy (non-hydrogen) atoms. The SMILES string of the molecule is CC1O[C@@H](OCC2O[C@@H](Oc3c(-c4ccc(O)cc4)oc4cc(O)cc(O)c4c3=O)C(O)[C@@H](O)[C@@H]2O[C@H]2OC(CO)[C@@H](O[C@H]3OC(CO)[C@@H](O)[C@H](O)C3O)[C@H](O)C2O)C(O)[C@@H](O)[C@H]1O. The summed E-state index contributed by atoms with van der Waals surface area (Å²) < 4.78 is 51.5. The van der Waals surface area contributed by atoms with Gasteiger partial charge < -0.3 is 119 Å². The molecule has 0 aliphatic carbocycles. The van der Waals surface area contributed by atoms with Gasteiger partial charge in [-0.25, -0.2) is 0 Å². The molecule has 15 N–H and O–H groups in total. The molecule has 4 aliphatic rings. The molecule has 8 unspecified atom stereocenters. The molecule has 3 aromatic rings. The number of fused-ring (bicyclic) bond motifs is 1. The summed E-state index contributed by atoms with van der Waals surface area (Å²) in [4.78, 5) is 14.0. The Morgan fingerprint density at radius 3 is 1.72 bits per heavy atom. The van der Waals surface area contributed by atoms with E-state index in [4.69, 9.17) is 42.3 Å². The number of hydrogen-bond acceptors (Lipinski definition) is 25. The van der Waals surface area contributed by atoms with Crippen molar-refractivity contribution in [2.75, 3.05) is 19.8 Å². The van der Waals surface area contributed by atoms with E-state index in [1.807, 2.05) is 0 Å². The lowest BCUT2D eigenvalue weighted by Crippen LogP contribution is -2.67. The summed E-state index contributed by atoms with van der Waals surface area (Å²) in [5.74, 6) is -2.50. The largest absolute Gasteiger partial charge is 0.508 e. The van der Waals surface area contributed by atoms with Crippen LogP contribution in [0.5, 0.6) is 23.0 Å². The van der Waals surface area contributed by atoms with Crippen LogP contribution in [-0.4, -0.2) is 219 Å². The third-order valence-corrected chi connectivity index (χ3v) is 11.4. The lowest BCUT2D eigenvalue weighted by atomic mass is 9.96. The third-order valence-electron chi connectivity index (χ3n) is 11.4. The molecule has 5 heterocycles. The minimum Gasteiger partial charge on any atom is -0.508 e. The second-order valence-corrected chi connectivity index (χ2v) is 15.7. The zero-order valence-corrected chi connectivity index (χ0v) is 33.4. The van der Waals surface area contributed by atoms with E-state index in [0.717, 1.165) is 12.1 Å². The first-order chi connectivity index (χ1) is 30.3. The van der Waals surface area contributed by atoms with Crippen LogP contribution in [0.1, 0.15) is 6.92 Å². The summed E-state index contributed by atoms with van der Waals surface area (Å²) in [5.41, 5.74) is -1.29. The van der Waals surface area contributed by atoms with Crippen molar-refractivity contribution in [3.8, 4) is 34.3 Å². The molecular formula is C39H50O25. The van der Waals surface area contributed by atoms with Gasteiger partial charge in [-0.1, -0.05) is 0 Å². The Balaban J connectivity index is 1.18. The van der Waals surface area contributed by atoms with E-state index in [1.165, 1.54) is 31.2 Å². The first-order valence-corrected chi connectivity index (χ1v) is 19.9. The molecule has 0 saturated carbocycles. The van der Waals surface area contributed by atoms with Crippen molar-refractivity contribution in [2.45, 2.75) is 130 Å². The minimum absolute atomic E-state index is 0.0918. The van der Waals surface area contributed by atoms with Crippen LogP contribution in [-0.2, 0) is 33.2 Å². The van der Waals surface area contributed by atoms with Crippen molar-refractivity contribution < 1.29 is 119 Å². The lowest BCUT2D eigenvalue weighted by molar-refractivity contribution is -0.379. The predicted molar refractivity (Wildman–Crippen MR) is 204 cm³/mol. The van der Waals surface area contributed by atoms with E-state index in [2.05, 4.69) is 0 Å². The van der Waals surface area contributed by atoms with Crippen molar-refractivity contribution in [1.82, 2.24) is 0 Å². The van der Waals surface area contributed by atoms with E-state index in [0.29, 0.717) is 0 Å². The van der Waals surface area contributed by atoms with Crippen molar-refractivity contribution in [3.63, 3.8) is 0 Å². The predicted octanol–water partition coefficient (Wildman–Crippen LogP) is -5.74. The molecule has 20 atom stereocenters. The van der Waals surface area contributed by atoms with E-state index in [1.54, 1.807) is 0 Å². The van der Waals surface area contributed by atoms with Crippen molar-refractivity contribution in [2.24, 2.45) is 0 Å². The van der Waals surface area contributed by atoms with Crippen LogP contribution in [0.2, 0.25) is 0 Å². The second kappa shape index (κ2) is 19.5. The van der Waals surface area contributed by atoms with Crippen LogP contribution in [0.3, 0.4) is 0 Å². The monoisotopic (exact) mass is 918 g/mol. The van der Waals surface area contributed by atoms with Gasteiger partial charge in [0.1, 0.15) is 120 Å². The quantitative estimate of drug-likeness (QED) is 0.0805. The fraction of sp³-hybridized carbons (Fsp3) is 0.615. The van der Waals surface area contributed by atoms with Crippen LogP contribution in [0.25, 0.3) is 22.3 Å². The van der Waals surface area contributed by atoms with Gasteiger partial charge in [0.05, 0.1) is 25.9 Å². The highest BCUT2D eigenvalue weighted by Crippen LogP contribution is 2.39. The number of ether oxygens (including phenoxy) is 8. The topological polar surface area (TPSA) is 408 Å². The molecule has 4 fully saturated rings. The van der Waals surface area contributed by atoms with Gasteiger partial charge in [-0.05, 0) is 31.2 Å². The lowest BCUT2D eigenvalue weighted by Gasteiger charge is -2.48. The molecule has 0 radical (unpaired) electrons. The fourth-order valence-electron chi connectivity index (χ4n) is 7.76. The number of hydrogen-bond donors (Lipinski definition) is 15. The summed E-state index contributed by atoms with van der Waals surface area (Å²) in [6.07, 6.45) is -36.6. The number of phenols is 3. The Morgan fingerprint density at radius 2 is 1.09 bits per heavy atom. The van der Waals surface area contributed by atoms with Crippen LogP contribution in [0.4, 0.5) is 0 Å². The third kappa shape index (κ3) is 9.25. The molecule has 2 aromatic carbocycles. The summed E-state index contributed by atoms with van der Waals surface area (Å²) in [6, 6.07) is 6.96. The zero-order chi connectivity index (χ0) is 46.5. The van der Waals surface area contributed by atoms with Gasteiger partial charge in [-0.15, -0.1) is 0 Å². The second-order valence-electron chi connectivity index (χ2n) is 15.7. The van der Waals surface area contributed by atoms with Crippen LogP contribution in [0, 0.1) is 0 Å². The molecule has 25 heteroatoms. The van der Waals surface area contributed by atoms with Crippen LogP contribution < -0.4 is 10.2 Å². The van der Waals surface area contributed by atoms with Crippen molar-refractivity contribution >= 4 is 11.0 Å². The summed E-state index contributed by atoms with van der Waals surface area (Å²) in [6.45, 7) is -1.25. The Bertz CT molecular complexity index is 2100. The Hall–Kier alpha value is -3.91. The highest BCUT2D eigenvalue weighted by atomic mass is 16.8. The average Bonchev–Trinajstić information content (AvgIpc) is 3.26. The Morgan fingerprint density at radius 1 is 0.562 bits per heavy atom. The molecule has 4 saturated heterocycles. The molecule has 7 rings (SSSR count). The number of aliphatic hydroxyl groups is 12. The molecule has 0 amide bonds. The van der Waals surface area contributed by atoms with Gasteiger partial charge in [-0.3, -0.25) is 4.79 Å². The smallest absolute Gasteiger partial charge is 0.239 e. The molecule has 0 bridgehead atoms. The maximum absolute atomic E-state index is 14.0. The van der Waals surface area contributed by atoms with Gasteiger partial charge in [0, 0.05) is 17.7 Å². The molecule has 356 valence electrons. The molecule has 1 aromatic heterocycles. The van der Waals surface area contributed by atoms with Crippen LogP contribution in [0.15, 0.2) is 45.6 Å². The van der Waals surface area contributed by atoms with Crippen molar-refractivity contribution in [1.29, 1.82) is 0 Å². The van der Waals surface area contributed by atoms with Gasteiger partial charge >= 0.3 is 0 Å². The molecule has 0 spiro atoms. The number of phenolic OH excluding ortho intramolecular Hbond substituents is 3. The van der Waals surface area contributed by atoms with E-state index >= 15 is 0 Å². The average molecular weight is 919 g/mol. The van der Waals surface area contributed by atoms with E-state index in [-0.39, 0.29) is 22.7 Å². The molecular weight excluding hydrogens is 868 g/mol. The normalized spacial score (nSPS) is 40.6. The summed E-state index contributed by atoms with van der Waals surface area (Å²) in [5, 5.41) is 158. The van der Waals surface area contributed by atoms with Crippen molar-refractivity contribution in [3.05, 3.63) is 46.6 Å². The Kier molecular flexibility index (Phi) is 14.6. The fourth-order valence-corrected chi connectivity index (χ4v) is 7.76. The van der Waals surface area contributed by atoms with E-state index in [9.17, 15) is 81.4 Å². The Labute approximate surface area is 360 Å². The van der Waals surface area contributed by atoms with Gasteiger partial charge in [0.15, 0.2) is 24.6 Å². The maximum atomic E-state index is 14.0. The highest BCUT2D eigenvalue weighted by Gasteiger charge is 2.54. The molecule has 4 aliphatic heterocycles. The number of aromatic hydroxyl groups is 3. The summed E-state index contributed by atoms with van der Waals surface area (Å²) in [7, 11) is 0. The van der Waals surface area contributed by atoms with Gasteiger partial charge in [0.25, 0.3) is 0 Å². The highest BCUT2D eigenvalue weighted by molar-refractivity contribution is 5.88. The summed E-state index contributed by atoms with van der Waals surface area (Å²) >= 11 is 0. The molecule has 25 nitrogen and oxygen atoms in total. The zero-order valence-electron chi connectivity index (χ0n) is 33.4. The standard InChI is InChI=1S/C39H50O25/c1-11-21(45)24(48)28(52)36(57-11)56-10-19-34(63-38-30(54)26(50)33(18(9-41)60-38)62-37-29(53)25(49)22(46)17(8-40)59-37)27(51)31(55)39(61-19)64-35-23(47)20-15(44)6-14(43)7-16(20)58-32(35)12-2-4-13(42)5-3-12/h2-7,11,17-19,21-22,24-31,33-34,36-46,48-55H,8-10H2,1H3/t11?,17?,18?,19?,21-,22+,24-,25-,26+,27+,28?,29?,30?,31?,33+,34+,36+,37+,38+,39-/m0/s1. The first-order valence-electron chi connectivity index (χ1n) is 19.9. The number of benzene rings is 2. The van der Waals surface area contributed by atoms with E-state index < -0.39 is 171 Å². The first kappa shape index (κ1) is 48.0. The number of aliphatic hydroxyl groups excluding tert-OH is 12. The number of rotatable bonds is 12. The van der Waals surface area contributed by atoms with Crippen LogP contribution >= 0.6 is 0 Å². The van der Waals surface area contributed by atoms with Gasteiger partial charge in [0.2, 0.25) is 17.5 Å². The van der Waals surface area contributed by atoms with Gasteiger partial charge in [-0.2, -0.15) is 0 Å². The minimum atomic E-state index is -2.20.